The van der Waals surface area contributed by atoms with E-state index in [1.807, 2.05) is 30.3 Å². The van der Waals surface area contributed by atoms with Crippen molar-refractivity contribution < 1.29 is 22.4 Å². The predicted octanol–water partition coefficient (Wildman–Crippen LogP) is 7.52. The second-order valence-electron chi connectivity index (χ2n) is 7.33. The van der Waals surface area contributed by atoms with E-state index in [1.165, 1.54) is 12.1 Å². The van der Waals surface area contributed by atoms with Crippen LogP contribution < -0.4 is 5.32 Å². The minimum absolute atomic E-state index is 0.00165. The van der Waals surface area contributed by atoms with Crippen LogP contribution in [-0.4, -0.2) is 10.9 Å². The molecule has 0 saturated carbocycles. The van der Waals surface area contributed by atoms with Gasteiger partial charge in [0.05, 0.1) is 21.8 Å². The van der Waals surface area contributed by atoms with Gasteiger partial charge in [0.2, 0.25) is 0 Å². The third kappa shape index (κ3) is 3.91. The Hall–Kier alpha value is -3.84. The number of halogens is 4. The van der Waals surface area contributed by atoms with Crippen LogP contribution in [-0.2, 0) is 6.18 Å². The van der Waals surface area contributed by atoms with Gasteiger partial charge in [0.1, 0.15) is 16.9 Å². The zero-order valence-electron chi connectivity index (χ0n) is 16.8. The summed E-state index contributed by atoms with van der Waals surface area (Å²) in [6, 6.07) is 21.4. The van der Waals surface area contributed by atoms with E-state index in [9.17, 15) is 18.0 Å². The van der Waals surface area contributed by atoms with E-state index in [0.29, 0.717) is 10.7 Å². The van der Waals surface area contributed by atoms with Crippen LogP contribution in [0.25, 0.3) is 33.6 Å². The van der Waals surface area contributed by atoms with Crippen LogP contribution in [0.4, 0.5) is 18.9 Å². The molecule has 5 aromatic rings. The smallest absolute Gasteiger partial charge is 0.433 e. The van der Waals surface area contributed by atoms with Gasteiger partial charge in [-0.25, -0.2) is 4.98 Å². The normalized spacial score (nSPS) is 11.8. The van der Waals surface area contributed by atoms with Crippen LogP contribution in [0.1, 0.15) is 16.1 Å². The summed E-state index contributed by atoms with van der Waals surface area (Å²) in [4.78, 5) is 16.8. The highest BCUT2D eigenvalue weighted by molar-refractivity contribution is 6.33. The molecule has 0 aliphatic heterocycles. The highest BCUT2D eigenvalue weighted by atomic mass is 35.5. The maximum Gasteiger partial charge on any atom is 0.433 e. The van der Waals surface area contributed by atoms with Crippen molar-refractivity contribution >= 4 is 34.4 Å². The van der Waals surface area contributed by atoms with Crippen molar-refractivity contribution in [3.8, 4) is 22.4 Å². The van der Waals surface area contributed by atoms with Gasteiger partial charge in [-0.3, -0.25) is 4.79 Å². The van der Waals surface area contributed by atoms with Crippen molar-refractivity contribution in [3.63, 3.8) is 0 Å². The second kappa shape index (κ2) is 7.94. The molecule has 3 aromatic heterocycles. The van der Waals surface area contributed by atoms with E-state index in [2.05, 4.69) is 10.3 Å². The van der Waals surface area contributed by atoms with Crippen molar-refractivity contribution in [2.75, 3.05) is 5.32 Å². The van der Waals surface area contributed by atoms with Gasteiger partial charge < -0.3 is 9.73 Å². The Balaban J connectivity index is 1.48. The van der Waals surface area contributed by atoms with Crippen LogP contribution in [0.15, 0.2) is 83.3 Å². The van der Waals surface area contributed by atoms with Gasteiger partial charge in [0, 0.05) is 11.3 Å². The molecular formula is C25H14ClF3N2O2. The summed E-state index contributed by atoms with van der Waals surface area (Å²) in [5, 5.41) is 3.20. The Kier molecular flexibility index (Phi) is 5.06. The van der Waals surface area contributed by atoms with Gasteiger partial charge in [-0.15, -0.1) is 0 Å². The number of amides is 1. The van der Waals surface area contributed by atoms with Crippen LogP contribution in [0.2, 0.25) is 5.02 Å². The number of hydrogen-bond acceptors (Lipinski definition) is 3. The Bertz CT molecular complexity index is 1460. The number of rotatable bonds is 4. The number of carbonyl (C=O) groups excluding carboxylic acids is 1. The number of pyridine rings is 1. The molecule has 3 heterocycles. The molecule has 0 radical (unpaired) electrons. The molecule has 1 N–H and O–H groups in total. The molecule has 8 heteroatoms. The number of benzene rings is 3. The molecule has 4 nitrogen and oxygen atoms in total. The van der Waals surface area contributed by atoms with Crippen LogP contribution in [0.3, 0.4) is 0 Å². The molecule has 0 aliphatic rings. The minimum Gasteiger partial charge on any atom is -0.456 e. The van der Waals surface area contributed by atoms with Crippen molar-refractivity contribution in [1.29, 1.82) is 0 Å². The average Bonchev–Trinajstić information content (AvgIpc) is 3.41. The number of anilines is 1. The number of alkyl halides is 3. The highest BCUT2D eigenvalue weighted by Crippen LogP contribution is 2.38. The first-order chi connectivity index (χ1) is 15.8. The average molecular weight is 467 g/mol. The number of nitrogens with one attached hydrogen (secondary N) is 1. The largest absolute Gasteiger partial charge is 0.456 e. The van der Waals surface area contributed by atoms with Gasteiger partial charge >= 0.3 is 6.18 Å². The van der Waals surface area contributed by atoms with Gasteiger partial charge in [0.25, 0.3) is 5.91 Å². The van der Waals surface area contributed by atoms with E-state index < -0.39 is 17.8 Å². The summed E-state index contributed by atoms with van der Waals surface area (Å²) in [5.74, 6) is -0.540. The quantitative estimate of drug-likeness (QED) is 0.298. The zero-order valence-corrected chi connectivity index (χ0v) is 17.5. The topological polar surface area (TPSA) is 55.1 Å². The molecule has 0 fully saturated rings. The molecule has 5 rings (SSSR count). The maximum absolute atomic E-state index is 13.2. The number of furan rings is 2. The fraction of sp³-hybridized carbons (Fsp3) is 0.0400. The van der Waals surface area contributed by atoms with Crippen LogP contribution in [0, 0.1) is 0 Å². The molecule has 33 heavy (non-hydrogen) atoms. The first-order valence-electron chi connectivity index (χ1n) is 9.87. The van der Waals surface area contributed by atoms with E-state index in [4.69, 9.17) is 16.0 Å². The van der Waals surface area contributed by atoms with Crippen molar-refractivity contribution in [2.45, 2.75) is 6.18 Å². The number of fused-ring (bicyclic) bond motifs is 2. The van der Waals surface area contributed by atoms with Crippen LogP contribution in [0.5, 0.6) is 0 Å². The third-order valence-corrected chi connectivity index (χ3v) is 5.50. The summed E-state index contributed by atoms with van der Waals surface area (Å²) in [6.45, 7) is 0. The lowest BCUT2D eigenvalue weighted by Gasteiger charge is -2.11. The molecular weight excluding hydrogens is 453 g/mol. The monoisotopic (exact) mass is 466 g/mol. The molecule has 0 saturated heterocycles. The minimum atomic E-state index is -4.61. The van der Waals surface area contributed by atoms with Gasteiger partial charge in [0.15, 0.2) is 0 Å². The Morgan fingerprint density at radius 1 is 0.909 bits per heavy atom. The lowest BCUT2D eigenvalue weighted by Crippen LogP contribution is -2.13. The fourth-order valence-electron chi connectivity index (χ4n) is 3.70. The predicted molar refractivity (Wildman–Crippen MR) is 120 cm³/mol. The first-order valence-corrected chi connectivity index (χ1v) is 10.2. The fourth-order valence-corrected chi connectivity index (χ4v) is 3.99. The summed E-state index contributed by atoms with van der Waals surface area (Å²) in [7, 11) is 0. The van der Waals surface area contributed by atoms with Gasteiger partial charge in [-0.1, -0.05) is 54.1 Å². The standard InChI is InChI=1S/C25H14ClF3N2O2/c26-17-13-15(9-10-16(17)14-5-2-1-3-6-14)30-24(32)23-20-12-11-19(33-20)22(23)18-7-4-8-21(31-18)25(27,28)29/h1-13H,(H,30,32). The lowest BCUT2D eigenvalue weighted by atomic mass is 10.0. The molecule has 0 spiro atoms. The Morgan fingerprint density at radius 2 is 1.67 bits per heavy atom. The van der Waals surface area contributed by atoms with E-state index in [-0.39, 0.29) is 28.0 Å². The van der Waals surface area contributed by atoms with E-state index in [1.54, 1.807) is 30.3 Å². The number of nitrogens with zero attached hydrogens (tertiary/aromatic N) is 1. The van der Waals surface area contributed by atoms with E-state index >= 15 is 0 Å². The Labute approximate surface area is 191 Å². The number of aromatic nitrogens is 1. The van der Waals surface area contributed by atoms with Crippen molar-refractivity contribution in [1.82, 2.24) is 4.98 Å². The number of carbonyl (C=O) groups is 1. The van der Waals surface area contributed by atoms with E-state index in [0.717, 1.165) is 17.2 Å². The zero-order chi connectivity index (χ0) is 23.2. The maximum atomic E-state index is 13.2. The summed E-state index contributed by atoms with van der Waals surface area (Å²) in [5.41, 5.74) is 1.98. The molecule has 2 bridgehead atoms. The molecule has 1 amide bonds. The Morgan fingerprint density at radius 3 is 2.39 bits per heavy atom. The number of hydrogen-bond donors (Lipinski definition) is 1. The lowest BCUT2D eigenvalue weighted by molar-refractivity contribution is -0.141. The molecule has 0 atom stereocenters. The summed E-state index contributed by atoms with van der Waals surface area (Å²) < 4.78 is 45.0. The van der Waals surface area contributed by atoms with Crippen molar-refractivity contribution in [2.24, 2.45) is 0 Å². The second-order valence-corrected chi connectivity index (χ2v) is 7.74. The summed E-state index contributed by atoms with van der Waals surface area (Å²) >= 11 is 6.43. The first kappa shape index (κ1) is 21.0. The van der Waals surface area contributed by atoms with Gasteiger partial charge in [-0.05, 0) is 42.0 Å². The SMILES string of the molecule is O=C(Nc1ccc(-c2ccccc2)c(Cl)c1)c1c(-c2cccc(C(F)(F)F)n2)c2ccc1o2. The molecule has 0 unspecified atom stereocenters. The highest BCUT2D eigenvalue weighted by Gasteiger charge is 2.33. The van der Waals surface area contributed by atoms with Gasteiger partial charge in [-0.2, -0.15) is 13.2 Å². The molecule has 164 valence electrons. The molecule has 0 aliphatic carbocycles. The summed E-state index contributed by atoms with van der Waals surface area (Å²) in [6.07, 6.45) is -4.61. The third-order valence-electron chi connectivity index (χ3n) is 5.18. The van der Waals surface area contributed by atoms with Crippen molar-refractivity contribution in [3.05, 3.63) is 95.1 Å². The molecule has 2 aromatic carbocycles. The van der Waals surface area contributed by atoms with Crippen LogP contribution >= 0.6 is 11.6 Å².